The fraction of sp³-hybridized carbons (Fsp3) is 0.143. The molecule has 2 heterocycles. The van der Waals surface area contributed by atoms with Crippen molar-refractivity contribution >= 4 is 27.5 Å². The van der Waals surface area contributed by atoms with Crippen LogP contribution in [0.1, 0.15) is 23.0 Å². The molecule has 2 aromatic heterocycles. The Labute approximate surface area is 113 Å². The van der Waals surface area contributed by atoms with Gasteiger partial charge in [-0.15, -0.1) is 11.3 Å². The Hall–Kier alpha value is -2.14. The van der Waals surface area contributed by atoms with Gasteiger partial charge in [0, 0.05) is 6.42 Å². The van der Waals surface area contributed by atoms with E-state index in [0.29, 0.717) is 0 Å². The van der Waals surface area contributed by atoms with Gasteiger partial charge in [-0.1, -0.05) is 6.92 Å². The molecule has 0 fully saturated rings. The predicted octanol–water partition coefficient (Wildman–Crippen LogP) is 3.82. The van der Waals surface area contributed by atoms with E-state index in [2.05, 4.69) is 4.98 Å². The second-order valence-corrected chi connectivity index (χ2v) is 5.15. The van der Waals surface area contributed by atoms with Crippen LogP contribution in [0, 0.1) is 0 Å². The fourth-order valence-electron chi connectivity index (χ4n) is 1.98. The van der Waals surface area contributed by atoms with E-state index >= 15 is 0 Å². The zero-order chi connectivity index (χ0) is 13.4. The predicted molar refractivity (Wildman–Crippen MR) is 73.7 cm³/mol. The van der Waals surface area contributed by atoms with Crippen molar-refractivity contribution in [2.75, 3.05) is 0 Å². The van der Waals surface area contributed by atoms with E-state index in [1.807, 2.05) is 13.0 Å². The van der Waals surface area contributed by atoms with Crippen LogP contribution in [-0.2, 0) is 6.42 Å². The highest BCUT2D eigenvalue weighted by Crippen LogP contribution is 2.33. The number of aromatic carboxylic acids is 1. The molecule has 3 aromatic rings. The van der Waals surface area contributed by atoms with Gasteiger partial charge in [-0.3, -0.25) is 0 Å². The van der Waals surface area contributed by atoms with Crippen LogP contribution in [0.2, 0.25) is 0 Å². The average molecular weight is 273 g/mol. The lowest BCUT2D eigenvalue weighted by molar-refractivity contribution is 0.0697. The number of rotatable bonds is 3. The van der Waals surface area contributed by atoms with E-state index in [-0.39, 0.29) is 5.56 Å². The topological polar surface area (TPSA) is 63.3 Å². The van der Waals surface area contributed by atoms with E-state index in [1.165, 1.54) is 11.3 Å². The number of carboxylic acid groups (broad SMARTS) is 1. The molecular weight excluding hydrogens is 262 g/mol. The lowest BCUT2D eigenvalue weighted by atomic mass is 10.2. The second kappa shape index (κ2) is 4.51. The first-order valence-electron chi connectivity index (χ1n) is 5.89. The summed E-state index contributed by atoms with van der Waals surface area (Å²) >= 11 is 1.48. The number of fused-ring (bicyclic) bond motifs is 1. The van der Waals surface area contributed by atoms with Crippen LogP contribution in [0.3, 0.4) is 0 Å². The molecule has 0 aliphatic heterocycles. The van der Waals surface area contributed by atoms with Crippen molar-refractivity contribution in [1.29, 1.82) is 0 Å². The number of benzene rings is 1. The number of hydrogen-bond donors (Lipinski definition) is 1. The first-order chi connectivity index (χ1) is 9.19. The van der Waals surface area contributed by atoms with Gasteiger partial charge >= 0.3 is 5.97 Å². The molecule has 0 atom stereocenters. The number of carboxylic acids is 1. The zero-order valence-corrected chi connectivity index (χ0v) is 11.0. The molecule has 1 N–H and O–H groups in total. The summed E-state index contributed by atoms with van der Waals surface area (Å²) in [6.45, 7) is 2.03. The van der Waals surface area contributed by atoms with Crippen LogP contribution in [0.4, 0.5) is 0 Å². The third-order valence-electron chi connectivity index (χ3n) is 2.93. The molecule has 0 saturated heterocycles. The standard InChI is InChI=1S/C14H11NO3S/c1-2-11-9(5-6-18-11)13-15-10-4-3-8(14(16)17)7-12(10)19-13/h3-7H,2H2,1H3,(H,16,17). The number of aromatic nitrogens is 1. The van der Waals surface area contributed by atoms with Gasteiger partial charge in [-0.2, -0.15) is 0 Å². The molecule has 1 aromatic carbocycles. The summed E-state index contributed by atoms with van der Waals surface area (Å²) in [5, 5.41) is 9.85. The van der Waals surface area contributed by atoms with E-state index in [0.717, 1.165) is 33.0 Å². The van der Waals surface area contributed by atoms with E-state index < -0.39 is 5.97 Å². The normalized spacial score (nSPS) is 11.0. The summed E-state index contributed by atoms with van der Waals surface area (Å²) in [7, 11) is 0. The smallest absolute Gasteiger partial charge is 0.335 e. The van der Waals surface area contributed by atoms with E-state index in [4.69, 9.17) is 9.52 Å². The zero-order valence-electron chi connectivity index (χ0n) is 10.2. The van der Waals surface area contributed by atoms with Crippen molar-refractivity contribution < 1.29 is 14.3 Å². The summed E-state index contributed by atoms with van der Waals surface area (Å²) in [5.41, 5.74) is 2.08. The van der Waals surface area contributed by atoms with Crippen molar-refractivity contribution in [3.63, 3.8) is 0 Å². The minimum Gasteiger partial charge on any atom is -0.478 e. The van der Waals surface area contributed by atoms with Crippen molar-refractivity contribution in [3.8, 4) is 10.6 Å². The summed E-state index contributed by atoms with van der Waals surface area (Å²) in [4.78, 5) is 15.5. The molecule has 0 aliphatic rings. The molecule has 19 heavy (non-hydrogen) atoms. The lowest BCUT2D eigenvalue weighted by Gasteiger charge is -1.93. The Balaban J connectivity index is 2.14. The third-order valence-corrected chi connectivity index (χ3v) is 3.98. The Bertz CT molecular complexity index is 757. The van der Waals surface area contributed by atoms with E-state index in [9.17, 15) is 4.79 Å². The maximum absolute atomic E-state index is 10.9. The first kappa shape index (κ1) is 11.9. The number of nitrogens with zero attached hydrogens (tertiary/aromatic N) is 1. The van der Waals surface area contributed by atoms with Gasteiger partial charge in [0.2, 0.25) is 0 Å². The highest BCUT2D eigenvalue weighted by molar-refractivity contribution is 7.21. The lowest BCUT2D eigenvalue weighted by Crippen LogP contribution is -1.94. The van der Waals surface area contributed by atoms with Crippen molar-refractivity contribution in [3.05, 3.63) is 41.9 Å². The maximum atomic E-state index is 10.9. The Morgan fingerprint density at radius 1 is 1.42 bits per heavy atom. The minimum absolute atomic E-state index is 0.283. The van der Waals surface area contributed by atoms with Gasteiger partial charge in [0.05, 0.1) is 27.6 Å². The van der Waals surface area contributed by atoms with Crippen molar-refractivity contribution in [2.45, 2.75) is 13.3 Å². The highest BCUT2D eigenvalue weighted by Gasteiger charge is 2.13. The second-order valence-electron chi connectivity index (χ2n) is 4.12. The summed E-state index contributed by atoms with van der Waals surface area (Å²) in [6.07, 6.45) is 2.46. The number of aryl methyl sites for hydroxylation is 1. The third kappa shape index (κ3) is 2.02. The van der Waals surface area contributed by atoms with Crippen LogP contribution in [-0.4, -0.2) is 16.1 Å². The molecule has 0 saturated carbocycles. The SMILES string of the molecule is CCc1occc1-c1nc2ccc(C(=O)O)cc2s1. The van der Waals surface area contributed by atoms with Crippen LogP contribution in [0.5, 0.6) is 0 Å². The summed E-state index contributed by atoms with van der Waals surface area (Å²) in [6, 6.07) is 6.87. The van der Waals surface area contributed by atoms with Crippen molar-refractivity contribution in [1.82, 2.24) is 4.98 Å². The molecule has 5 heteroatoms. The molecule has 0 aliphatic carbocycles. The number of carbonyl (C=O) groups is 1. The van der Waals surface area contributed by atoms with Crippen LogP contribution < -0.4 is 0 Å². The Morgan fingerprint density at radius 3 is 3.00 bits per heavy atom. The van der Waals surface area contributed by atoms with Gasteiger partial charge in [-0.25, -0.2) is 9.78 Å². The molecule has 0 unspecified atom stereocenters. The summed E-state index contributed by atoms with van der Waals surface area (Å²) < 4.78 is 6.27. The average Bonchev–Trinajstić information content (AvgIpc) is 3.03. The van der Waals surface area contributed by atoms with Crippen molar-refractivity contribution in [2.24, 2.45) is 0 Å². The maximum Gasteiger partial charge on any atom is 0.335 e. The monoisotopic (exact) mass is 273 g/mol. The molecule has 96 valence electrons. The molecule has 0 bridgehead atoms. The first-order valence-corrected chi connectivity index (χ1v) is 6.71. The molecule has 0 radical (unpaired) electrons. The van der Waals surface area contributed by atoms with Gasteiger partial charge < -0.3 is 9.52 Å². The molecule has 0 spiro atoms. The highest BCUT2D eigenvalue weighted by atomic mass is 32.1. The number of thiazole rings is 1. The van der Waals surface area contributed by atoms with Gasteiger partial charge in [0.25, 0.3) is 0 Å². The van der Waals surface area contributed by atoms with Crippen LogP contribution in [0.25, 0.3) is 20.8 Å². The van der Waals surface area contributed by atoms with Gasteiger partial charge in [-0.05, 0) is 24.3 Å². The number of hydrogen-bond acceptors (Lipinski definition) is 4. The largest absolute Gasteiger partial charge is 0.478 e. The molecular formula is C14H11NO3S. The fourth-order valence-corrected chi connectivity index (χ4v) is 3.03. The molecule has 0 amide bonds. The number of furan rings is 1. The van der Waals surface area contributed by atoms with Gasteiger partial charge in [0.1, 0.15) is 10.8 Å². The summed E-state index contributed by atoms with van der Waals surface area (Å²) in [5.74, 6) is -0.0214. The van der Waals surface area contributed by atoms with Crippen LogP contribution in [0.15, 0.2) is 34.9 Å². The molecule has 4 nitrogen and oxygen atoms in total. The van der Waals surface area contributed by atoms with E-state index in [1.54, 1.807) is 24.5 Å². The Kier molecular flexibility index (Phi) is 2.83. The minimum atomic E-state index is -0.922. The quantitative estimate of drug-likeness (QED) is 0.788. The van der Waals surface area contributed by atoms with Gasteiger partial charge in [0.15, 0.2) is 0 Å². The van der Waals surface area contributed by atoms with Crippen LogP contribution >= 0.6 is 11.3 Å². The Morgan fingerprint density at radius 2 is 2.26 bits per heavy atom. The molecule has 3 rings (SSSR count).